The number of fused-ring (bicyclic) bond motifs is 1. The molecule has 1 aliphatic rings. The summed E-state index contributed by atoms with van der Waals surface area (Å²) in [5, 5.41) is 0. The van der Waals surface area contributed by atoms with Crippen molar-refractivity contribution in [2.75, 3.05) is 11.6 Å². The molecule has 98 valence electrons. The lowest BCUT2D eigenvalue weighted by molar-refractivity contribution is 0.289. The molecule has 2 aromatic rings. The average molecular weight is 253 g/mol. The van der Waals surface area contributed by atoms with Gasteiger partial charge in [-0.1, -0.05) is 29.8 Å². The summed E-state index contributed by atoms with van der Waals surface area (Å²) >= 11 is 0. The summed E-state index contributed by atoms with van der Waals surface area (Å²) in [5.41, 5.74) is 6.38. The molecule has 0 saturated carbocycles. The number of ether oxygens (including phenoxy) is 1. The molecule has 0 fully saturated rings. The van der Waals surface area contributed by atoms with Gasteiger partial charge in [0.15, 0.2) is 6.73 Å². The van der Waals surface area contributed by atoms with Crippen molar-refractivity contribution in [2.24, 2.45) is 0 Å². The van der Waals surface area contributed by atoms with E-state index in [2.05, 4.69) is 62.1 Å². The quantitative estimate of drug-likeness (QED) is 0.762. The highest BCUT2D eigenvalue weighted by Crippen LogP contribution is 2.30. The molecular weight excluding hydrogens is 234 g/mol. The van der Waals surface area contributed by atoms with Crippen LogP contribution in [-0.4, -0.2) is 6.73 Å². The molecule has 0 saturated heterocycles. The van der Waals surface area contributed by atoms with Gasteiger partial charge in [-0.2, -0.15) is 0 Å². The molecule has 0 N–H and O–H groups in total. The van der Waals surface area contributed by atoms with E-state index in [4.69, 9.17) is 4.74 Å². The Bertz CT molecular complexity index is 619. The van der Waals surface area contributed by atoms with Gasteiger partial charge >= 0.3 is 0 Å². The molecule has 2 nitrogen and oxygen atoms in total. The molecule has 2 aromatic carbocycles. The molecule has 0 amide bonds. The third-order valence-electron chi connectivity index (χ3n) is 3.65. The molecule has 1 heterocycles. The molecule has 2 heteroatoms. The van der Waals surface area contributed by atoms with E-state index in [1.807, 2.05) is 0 Å². The van der Waals surface area contributed by atoms with Crippen LogP contribution in [0.5, 0.6) is 5.75 Å². The second kappa shape index (κ2) is 4.61. The summed E-state index contributed by atoms with van der Waals surface area (Å²) in [6, 6.07) is 13.0. The Morgan fingerprint density at radius 2 is 1.68 bits per heavy atom. The molecule has 0 atom stereocenters. The maximum atomic E-state index is 5.88. The minimum atomic E-state index is 0.625. The Labute approximate surface area is 114 Å². The van der Waals surface area contributed by atoms with Crippen molar-refractivity contribution in [1.29, 1.82) is 0 Å². The molecular formula is C17H19NO. The van der Waals surface area contributed by atoms with Crippen LogP contribution in [0.25, 0.3) is 0 Å². The highest BCUT2D eigenvalue weighted by molar-refractivity contribution is 5.56. The van der Waals surface area contributed by atoms with Crippen molar-refractivity contribution in [3.05, 3.63) is 58.7 Å². The number of aryl methyl sites for hydroxylation is 3. The smallest absolute Gasteiger partial charge is 0.161 e. The van der Waals surface area contributed by atoms with Gasteiger partial charge in [-0.3, -0.25) is 0 Å². The van der Waals surface area contributed by atoms with Crippen LogP contribution in [-0.2, 0) is 6.54 Å². The highest BCUT2D eigenvalue weighted by atomic mass is 16.5. The Morgan fingerprint density at radius 3 is 2.47 bits per heavy atom. The summed E-state index contributed by atoms with van der Waals surface area (Å²) < 4.78 is 5.88. The SMILES string of the molecule is Cc1ccc(N2COc3cc(C)ccc3C2)c(C)c1. The predicted molar refractivity (Wildman–Crippen MR) is 78.8 cm³/mol. The van der Waals surface area contributed by atoms with E-state index in [0.717, 1.165) is 12.3 Å². The molecule has 0 aliphatic carbocycles. The Morgan fingerprint density at radius 1 is 0.947 bits per heavy atom. The third-order valence-corrected chi connectivity index (χ3v) is 3.65. The van der Waals surface area contributed by atoms with Crippen LogP contribution in [0.1, 0.15) is 22.3 Å². The molecule has 19 heavy (non-hydrogen) atoms. The van der Waals surface area contributed by atoms with Gasteiger partial charge in [-0.05, 0) is 44.0 Å². The minimum Gasteiger partial charge on any atom is -0.473 e. The first-order valence-corrected chi connectivity index (χ1v) is 6.68. The summed E-state index contributed by atoms with van der Waals surface area (Å²) in [6.07, 6.45) is 0. The van der Waals surface area contributed by atoms with E-state index in [1.165, 1.54) is 27.9 Å². The monoisotopic (exact) mass is 253 g/mol. The van der Waals surface area contributed by atoms with Gasteiger partial charge in [-0.15, -0.1) is 0 Å². The van der Waals surface area contributed by atoms with E-state index in [0.29, 0.717) is 6.73 Å². The molecule has 1 aliphatic heterocycles. The van der Waals surface area contributed by atoms with Crippen molar-refractivity contribution >= 4 is 5.69 Å². The summed E-state index contributed by atoms with van der Waals surface area (Å²) in [5.74, 6) is 1.03. The van der Waals surface area contributed by atoms with E-state index < -0.39 is 0 Å². The second-order valence-electron chi connectivity index (χ2n) is 5.37. The Balaban J connectivity index is 1.91. The van der Waals surface area contributed by atoms with E-state index in [1.54, 1.807) is 0 Å². The van der Waals surface area contributed by atoms with Crippen LogP contribution < -0.4 is 9.64 Å². The van der Waals surface area contributed by atoms with Gasteiger partial charge in [-0.25, -0.2) is 0 Å². The highest BCUT2D eigenvalue weighted by Gasteiger charge is 2.18. The Hall–Kier alpha value is -1.96. The fourth-order valence-electron chi connectivity index (χ4n) is 2.64. The number of nitrogens with zero attached hydrogens (tertiary/aromatic N) is 1. The normalized spacial score (nSPS) is 13.9. The van der Waals surface area contributed by atoms with Gasteiger partial charge in [0.25, 0.3) is 0 Å². The zero-order valence-corrected chi connectivity index (χ0v) is 11.7. The van der Waals surface area contributed by atoms with Crippen LogP contribution in [0.4, 0.5) is 5.69 Å². The van der Waals surface area contributed by atoms with E-state index in [9.17, 15) is 0 Å². The van der Waals surface area contributed by atoms with Crippen molar-refractivity contribution in [2.45, 2.75) is 27.3 Å². The van der Waals surface area contributed by atoms with Crippen molar-refractivity contribution < 1.29 is 4.74 Å². The van der Waals surface area contributed by atoms with Crippen LogP contribution in [0.15, 0.2) is 36.4 Å². The number of hydrogen-bond acceptors (Lipinski definition) is 2. The standard InChI is InChI=1S/C17H19NO/c1-12-5-7-16(14(3)8-12)18-10-15-6-4-13(2)9-17(15)19-11-18/h4-9H,10-11H2,1-3H3. The topological polar surface area (TPSA) is 12.5 Å². The maximum absolute atomic E-state index is 5.88. The maximum Gasteiger partial charge on any atom is 0.161 e. The van der Waals surface area contributed by atoms with Gasteiger partial charge < -0.3 is 9.64 Å². The van der Waals surface area contributed by atoms with E-state index >= 15 is 0 Å². The number of hydrogen-bond donors (Lipinski definition) is 0. The van der Waals surface area contributed by atoms with Gasteiger partial charge in [0.1, 0.15) is 5.75 Å². The first-order valence-electron chi connectivity index (χ1n) is 6.68. The van der Waals surface area contributed by atoms with Gasteiger partial charge in [0.2, 0.25) is 0 Å². The van der Waals surface area contributed by atoms with Crippen LogP contribution in [0, 0.1) is 20.8 Å². The molecule has 0 bridgehead atoms. The lowest BCUT2D eigenvalue weighted by atomic mass is 10.1. The van der Waals surface area contributed by atoms with Crippen molar-refractivity contribution in [3.63, 3.8) is 0 Å². The molecule has 0 spiro atoms. The lowest BCUT2D eigenvalue weighted by Gasteiger charge is -2.32. The minimum absolute atomic E-state index is 0.625. The second-order valence-corrected chi connectivity index (χ2v) is 5.37. The summed E-state index contributed by atoms with van der Waals surface area (Å²) in [7, 11) is 0. The van der Waals surface area contributed by atoms with Gasteiger partial charge in [0.05, 0.1) is 0 Å². The summed E-state index contributed by atoms with van der Waals surface area (Å²) in [6.45, 7) is 7.93. The third kappa shape index (κ3) is 2.30. The van der Waals surface area contributed by atoms with Crippen molar-refractivity contribution in [1.82, 2.24) is 0 Å². The molecule has 0 unspecified atom stereocenters. The number of anilines is 1. The van der Waals surface area contributed by atoms with Gasteiger partial charge in [0, 0.05) is 17.8 Å². The van der Waals surface area contributed by atoms with E-state index in [-0.39, 0.29) is 0 Å². The Kier molecular flexibility index (Phi) is 2.94. The first-order chi connectivity index (χ1) is 9.13. The van der Waals surface area contributed by atoms with Crippen LogP contribution >= 0.6 is 0 Å². The van der Waals surface area contributed by atoms with Crippen molar-refractivity contribution in [3.8, 4) is 5.75 Å². The molecule has 0 radical (unpaired) electrons. The fraction of sp³-hybridized carbons (Fsp3) is 0.294. The zero-order valence-electron chi connectivity index (χ0n) is 11.7. The number of benzene rings is 2. The lowest BCUT2D eigenvalue weighted by Crippen LogP contribution is -2.32. The molecule has 0 aromatic heterocycles. The number of rotatable bonds is 1. The fourth-order valence-corrected chi connectivity index (χ4v) is 2.64. The zero-order chi connectivity index (χ0) is 13.4. The first kappa shape index (κ1) is 12.1. The molecule has 3 rings (SSSR count). The predicted octanol–water partition coefficient (Wildman–Crippen LogP) is 3.97. The largest absolute Gasteiger partial charge is 0.473 e. The summed E-state index contributed by atoms with van der Waals surface area (Å²) in [4.78, 5) is 2.28. The van der Waals surface area contributed by atoms with Crippen LogP contribution in [0.3, 0.4) is 0 Å². The average Bonchev–Trinajstić information content (AvgIpc) is 2.38. The van der Waals surface area contributed by atoms with Crippen LogP contribution in [0.2, 0.25) is 0 Å².